The maximum atomic E-state index is 5.18. The van der Waals surface area contributed by atoms with Crippen molar-refractivity contribution >= 4 is 31.5 Å². The molecular weight excluding hydrogens is 765 g/mol. The Kier molecular flexibility index (Phi) is 9.26. The van der Waals surface area contributed by atoms with Crippen molar-refractivity contribution in [1.29, 1.82) is 0 Å². The molecular formula is C54H34N6S. The van der Waals surface area contributed by atoms with Crippen LogP contribution in [-0.4, -0.2) is 29.9 Å². The van der Waals surface area contributed by atoms with Crippen molar-refractivity contribution in [2.24, 2.45) is 0 Å². The Labute approximate surface area is 356 Å². The molecule has 0 N–H and O–H groups in total. The van der Waals surface area contributed by atoms with Crippen molar-refractivity contribution in [1.82, 2.24) is 29.9 Å². The van der Waals surface area contributed by atoms with E-state index in [1.54, 1.807) is 0 Å². The van der Waals surface area contributed by atoms with Crippen LogP contribution in [0.4, 0.5) is 0 Å². The van der Waals surface area contributed by atoms with Gasteiger partial charge in [-0.15, -0.1) is 11.3 Å². The van der Waals surface area contributed by atoms with Gasteiger partial charge in [-0.05, 0) is 22.3 Å². The molecule has 11 aromatic rings. The number of aromatic nitrogens is 6. The van der Waals surface area contributed by atoms with E-state index in [0.29, 0.717) is 34.9 Å². The molecule has 0 aliphatic heterocycles. The Hall–Kier alpha value is -8.00. The van der Waals surface area contributed by atoms with Crippen LogP contribution in [0.15, 0.2) is 206 Å². The van der Waals surface area contributed by atoms with Crippen LogP contribution < -0.4 is 0 Å². The third-order valence-corrected chi connectivity index (χ3v) is 12.1. The summed E-state index contributed by atoms with van der Waals surface area (Å²) in [4.78, 5) is 30.4. The van der Waals surface area contributed by atoms with Gasteiger partial charge in [0.2, 0.25) is 0 Å². The van der Waals surface area contributed by atoms with E-state index in [2.05, 4.69) is 91.0 Å². The molecule has 286 valence electrons. The molecule has 0 fully saturated rings. The third kappa shape index (κ3) is 6.93. The molecule has 3 aromatic heterocycles. The first-order valence-corrected chi connectivity index (χ1v) is 20.9. The highest BCUT2D eigenvalue weighted by Gasteiger charge is 2.20. The lowest BCUT2D eigenvalue weighted by molar-refractivity contribution is 1.06. The number of fused-ring (bicyclic) bond motifs is 3. The van der Waals surface area contributed by atoms with Crippen LogP contribution in [-0.2, 0) is 0 Å². The highest BCUT2D eigenvalue weighted by molar-refractivity contribution is 7.26. The lowest BCUT2D eigenvalue weighted by Crippen LogP contribution is -2.03. The van der Waals surface area contributed by atoms with Crippen LogP contribution in [0.3, 0.4) is 0 Å². The SMILES string of the molecule is c1ccc(-c2nc(-c3ccccc3)nc(-c3ccccc3-c3nc(-c4ccccc4)nc(-c4ccc(-c5cccc6c5sc5c(-c7ccccc7)cccc56)cc4)n3)n2)cc1. The fourth-order valence-electron chi connectivity index (χ4n) is 7.84. The smallest absolute Gasteiger partial charge is 0.164 e. The quantitative estimate of drug-likeness (QED) is 0.152. The van der Waals surface area contributed by atoms with E-state index in [4.69, 9.17) is 29.9 Å². The maximum Gasteiger partial charge on any atom is 0.164 e. The summed E-state index contributed by atoms with van der Waals surface area (Å²) in [6.45, 7) is 0. The number of thiophene rings is 1. The average molecular weight is 799 g/mol. The highest BCUT2D eigenvalue weighted by atomic mass is 32.1. The van der Waals surface area contributed by atoms with Gasteiger partial charge in [0.15, 0.2) is 34.9 Å². The van der Waals surface area contributed by atoms with Crippen LogP contribution in [0.2, 0.25) is 0 Å². The zero-order chi connectivity index (χ0) is 40.5. The molecule has 3 heterocycles. The summed E-state index contributed by atoms with van der Waals surface area (Å²) in [5, 5.41) is 2.54. The molecule has 0 bridgehead atoms. The molecule has 0 radical (unpaired) electrons. The van der Waals surface area contributed by atoms with E-state index in [0.717, 1.165) is 38.9 Å². The summed E-state index contributed by atoms with van der Waals surface area (Å²) < 4.78 is 2.56. The second kappa shape index (κ2) is 15.6. The Bertz CT molecular complexity index is 3280. The molecule has 6 nitrogen and oxygen atoms in total. The zero-order valence-electron chi connectivity index (χ0n) is 32.7. The minimum absolute atomic E-state index is 0.524. The Morgan fingerprint density at radius 3 is 0.885 bits per heavy atom. The molecule has 0 spiro atoms. The van der Waals surface area contributed by atoms with Gasteiger partial charge in [-0.3, -0.25) is 0 Å². The van der Waals surface area contributed by atoms with Gasteiger partial charge in [0.25, 0.3) is 0 Å². The van der Waals surface area contributed by atoms with Gasteiger partial charge in [0.1, 0.15) is 0 Å². The van der Waals surface area contributed by atoms with E-state index in [-0.39, 0.29) is 0 Å². The molecule has 7 heteroatoms. The largest absolute Gasteiger partial charge is 0.208 e. The van der Waals surface area contributed by atoms with E-state index in [1.165, 1.54) is 36.9 Å². The third-order valence-electron chi connectivity index (χ3n) is 10.8. The molecule has 0 aliphatic rings. The summed E-state index contributed by atoms with van der Waals surface area (Å²) in [5.41, 5.74) is 9.96. The first-order chi connectivity index (χ1) is 30.2. The van der Waals surface area contributed by atoms with E-state index in [9.17, 15) is 0 Å². The number of rotatable bonds is 8. The van der Waals surface area contributed by atoms with E-state index < -0.39 is 0 Å². The van der Waals surface area contributed by atoms with Crippen molar-refractivity contribution < 1.29 is 0 Å². The molecule has 61 heavy (non-hydrogen) atoms. The van der Waals surface area contributed by atoms with Crippen LogP contribution in [0.5, 0.6) is 0 Å². The number of hydrogen-bond acceptors (Lipinski definition) is 7. The Balaban J connectivity index is 1.03. The molecule has 11 rings (SSSR count). The molecule has 0 saturated carbocycles. The van der Waals surface area contributed by atoms with Gasteiger partial charge >= 0.3 is 0 Å². The van der Waals surface area contributed by atoms with Crippen LogP contribution in [0.1, 0.15) is 0 Å². The van der Waals surface area contributed by atoms with Crippen molar-refractivity contribution in [3.05, 3.63) is 206 Å². The minimum Gasteiger partial charge on any atom is -0.208 e. The lowest BCUT2D eigenvalue weighted by Gasteiger charge is -2.13. The monoisotopic (exact) mass is 798 g/mol. The summed E-state index contributed by atoms with van der Waals surface area (Å²) in [7, 11) is 0. The van der Waals surface area contributed by atoms with Gasteiger partial charge in [-0.1, -0.05) is 206 Å². The summed E-state index contributed by atoms with van der Waals surface area (Å²) in [5.74, 6) is 3.38. The van der Waals surface area contributed by atoms with Crippen LogP contribution >= 0.6 is 11.3 Å². The molecule has 0 saturated heterocycles. The zero-order valence-corrected chi connectivity index (χ0v) is 33.5. The second-order valence-electron chi connectivity index (χ2n) is 14.7. The Morgan fingerprint density at radius 1 is 0.213 bits per heavy atom. The maximum absolute atomic E-state index is 5.18. The molecule has 0 aliphatic carbocycles. The summed E-state index contributed by atoms with van der Waals surface area (Å²) in [6.07, 6.45) is 0. The van der Waals surface area contributed by atoms with Gasteiger partial charge in [0.05, 0.1) is 0 Å². The van der Waals surface area contributed by atoms with Crippen LogP contribution in [0.25, 0.3) is 111 Å². The van der Waals surface area contributed by atoms with E-state index >= 15 is 0 Å². The van der Waals surface area contributed by atoms with Gasteiger partial charge < -0.3 is 0 Å². The predicted octanol–water partition coefficient (Wildman–Crippen LogP) is 13.8. The highest BCUT2D eigenvalue weighted by Crippen LogP contribution is 2.44. The van der Waals surface area contributed by atoms with E-state index in [1.807, 2.05) is 127 Å². The number of nitrogens with zero attached hydrogens (tertiary/aromatic N) is 6. The Morgan fingerprint density at radius 2 is 0.492 bits per heavy atom. The van der Waals surface area contributed by atoms with Crippen molar-refractivity contribution in [3.63, 3.8) is 0 Å². The summed E-state index contributed by atoms with van der Waals surface area (Å²) in [6, 6.07) is 70.5. The number of hydrogen-bond donors (Lipinski definition) is 0. The molecule has 0 atom stereocenters. The van der Waals surface area contributed by atoms with Gasteiger partial charge in [-0.2, -0.15) is 0 Å². The minimum atomic E-state index is 0.524. The van der Waals surface area contributed by atoms with Crippen molar-refractivity contribution in [2.75, 3.05) is 0 Å². The first kappa shape index (κ1) is 36.1. The average Bonchev–Trinajstić information content (AvgIpc) is 3.74. The lowest BCUT2D eigenvalue weighted by atomic mass is 9.99. The van der Waals surface area contributed by atoms with Gasteiger partial charge in [-0.25, -0.2) is 29.9 Å². The van der Waals surface area contributed by atoms with Gasteiger partial charge in [0, 0.05) is 53.6 Å². The summed E-state index contributed by atoms with van der Waals surface area (Å²) >= 11 is 1.86. The fraction of sp³-hybridized carbons (Fsp3) is 0. The molecule has 0 amide bonds. The standard InChI is InChI=1S/C54H34N6S/c1-5-17-35(18-6-1)41-27-15-29-43-44-30-16-28-42(48(44)61-47(41)43)36-31-33-40(34-32-36)52-56-51(39-23-11-4-12-24-39)59-54(60-52)46-26-14-13-25-45(46)53-57-49(37-19-7-2-8-20-37)55-50(58-53)38-21-9-3-10-22-38/h1-34H. The van der Waals surface area contributed by atoms with Crippen molar-refractivity contribution in [2.45, 2.75) is 0 Å². The normalized spacial score (nSPS) is 11.3. The van der Waals surface area contributed by atoms with Crippen LogP contribution in [0, 0.1) is 0 Å². The topological polar surface area (TPSA) is 77.3 Å². The number of benzene rings is 8. The predicted molar refractivity (Wildman–Crippen MR) is 250 cm³/mol. The van der Waals surface area contributed by atoms with Crippen molar-refractivity contribution in [3.8, 4) is 90.6 Å². The second-order valence-corrected chi connectivity index (χ2v) is 15.7. The first-order valence-electron chi connectivity index (χ1n) is 20.1. The molecule has 8 aromatic carbocycles. The fourth-order valence-corrected chi connectivity index (χ4v) is 9.21. The molecule has 0 unspecified atom stereocenters.